The third-order valence-electron chi connectivity index (χ3n) is 2.32. The van der Waals surface area contributed by atoms with E-state index in [1.807, 2.05) is 0 Å². The molecule has 0 spiro atoms. The van der Waals surface area contributed by atoms with Crippen LogP contribution in [-0.4, -0.2) is 5.48 Å². The summed E-state index contributed by atoms with van der Waals surface area (Å²) in [6, 6.07) is 0. The summed E-state index contributed by atoms with van der Waals surface area (Å²) in [7, 11) is 0. The molecule has 0 aromatic carbocycles. The predicted molar refractivity (Wildman–Crippen MR) is 45.0 cm³/mol. The fourth-order valence-electron chi connectivity index (χ4n) is 1.39. The molecular formula is C9H18O. The van der Waals surface area contributed by atoms with Crippen LogP contribution in [0.4, 0.5) is 0 Å². The lowest BCUT2D eigenvalue weighted by Crippen LogP contribution is -2.02. The summed E-state index contributed by atoms with van der Waals surface area (Å²) in [6.07, 6.45) is 7.88. The number of hydrogen-bond acceptors (Lipinski definition) is 0. The van der Waals surface area contributed by atoms with Crippen LogP contribution in [0, 0.1) is 5.92 Å². The van der Waals surface area contributed by atoms with Gasteiger partial charge in [0.25, 0.3) is 0 Å². The van der Waals surface area contributed by atoms with Crippen molar-refractivity contribution in [2.24, 2.45) is 5.92 Å². The van der Waals surface area contributed by atoms with Gasteiger partial charge in [0.05, 0.1) is 0 Å². The van der Waals surface area contributed by atoms with E-state index in [9.17, 15) is 0 Å². The molecule has 0 amide bonds. The van der Waals surface area contributed by atoms with Gasteiger partial charge < -0.3 is 5.48 Å². The molecule has 0 radical (unpaired) electrons. The average Bonchev–Trinajstić information content (AvgIpc) is 1.90. The summed E-state index contributed by atoms with van der Waals surface area (Å²) in [5.74, 6) is 0.994. The lowest BCUT2D eigenvalue weighted by atomic mass is 9.89. The molecule has 0 fully saturated rings. The molecule has 1 rings (SSSR count). The average molecular weight is 142 g/mol. The van der Waals surface area contributed by atoms with Crippen LogP contribution in [0.1, 0.15) is 39.5 Å². The van der Waals surface area contributed by atoms with Crippen molar-refractivity contribution in [2.45, 2.75) is 39.5 Å². The molecule has 2 N–H and O–H groups in total. The molecule has 1 aliphatic rings. The first-order chi connectivity index (χ1) is 4.33. The van der Waals surface area contributed by atoms with Gasteiger partial charge in [-0.15, -0.1) is 0 Å². The molecule has 1 atom stereocenters. The Labute approximate surface area is 63.4 Å². The summed E-state index contributed by atoms with van der Waals surface area (Å²) >= 11 is 0. The fourth-order valence-corrected chi connectivity index (χ4v) is 1.39. The van der Waals surface area contributed by atoms with Crippen LogP contribution in [-0.2, 0) is 0 Å². The maximum atomic E-state index is 2.40. The largest absolute Gasteiger partial charge is 0.412 e. The Balaban J connectivity index is 0.000000810. The lowest BCUT2D eigenvalue weighted by molar-refractivity contribution is 0.456. The molecule has 0 aromatic heterocycles. The van der Waals surface area contributed by atoms with E-state index in [2.05, 4.69) is 19.9 Å². The Kier molecular flexibility index (Phi) is 4.37. The topological polar surface area (TPSA) is 31.5 Å². The van der Waals surface area contributed by atoms with Gasteiger partial charge in [0.2, 0.25) is 0 Å². The van der Waals surface area contributed by atoms with Gasteiger partial charge >= 0.3 is 0 Å². The first kappa shape index (κ1) is 9.70. The Hall–Kier alpha value is -0.300. The highest BCUT2D eigenvalue weighted by Gasteiger charge is 2.08. The highest BCUT2D eigenvalue weighted by molar-refractivity contribution is 5.02. The molecule has 0 aromatic rings. The van der Waals surface area contributed by atoms with Crippen molar-refractivity contribution in [3.8, 4) is 0 Å². The number of hydrogen-bond donors (Lipinski definition) is 0. The van der Waals surface area contributed by atoms with Gasteiger partial charge in [0, 0.05) is 0 Å². The predicted octanol–water partition coefficient (Wildman–Crippen LogP) is 2.32. The van der Waals surface area contributed by atoms with Gasteiger partial charge in [-0.3, -0.25) is 0 Å². The van der Waals surface area contributed by atoms with Gasteiger partial charge in [0.15, 0.2) is 0 Å². The Morgan fingerprint density at radius 2 is 2.30 bits per heavy atom. The smallest absolute Gasteiger partial charge is 0.0320 e. The Morgan fingerprint density at radius 3 is 2.70 bits per heavy atom. The monoisotopic (exact) mass is 142 g/mol. The van der Waals surface area contributed by atoms with Gasteiger partial charge in [-0.05, 0) is 32.1 Å². The maximum Gasteiger partial charge on any atom is -0.0320 e. The summed E-state index contributed by atoms with van der Waals surface area (Å²) < 4.78 is 0. The lowest BCUT2D eigenvalue weighted by Gasteiger charge is -2.17. The van der Waals surface area contributed by atoms with Crippen molar-refractivity contribution < 1.29 is 5.48 Å². The third kappa shape index (κ3) is 2.53. The minimum atomic E-state index is 0. The van der Waals surface area contributed by atoms with E-state index < -0.39 is 0 Å². The van der Waals surface area contributed by atoms with Crippen LogP contribution in [0.25, 0.3) is 0 Å². The van der Waals surface area contributed by atoms with Crippen molar-refractivity contribution in [3.05, 3.63) is 11.6 Å². The zero-order chi connectivity index (χ0) is 6.69. The quantitative estimate of drug-likeness (QED) is 0.503. The van der Waals surface area contributed by atoms with Crippen LogP contribution in [0.3, 0.4) is 0 Å². The van der Waals surface area contributed by atoms with E-state index in [-0.39, 0.29) is 5.48 Å². The van der Waals surface area contributed by atoms with E-state index in [0.29, 0.717) is 0 Å². The molecule has 1 aliphatic carbocycles. The molecular weight excluding hydrogens is 124 g/mol. The zero-order valence-corrected chi connectivity index (χ0v) is 6.98. The van der Waals surface area contributed by atoms with Gasteiger partial charge in [-0.25, -0.2) is 0 Å². The minimum absolute atomic E-state index is 0. The first-order valence-electron chi connectivity index (χ1n) is 3.98. The van der Waals surface area contributed by atoms with Gasteiger partial charge in [-0.2, -0.15) is 0 Å². The van der Waals surface area contributed by atoms with Crippen molar-refractivity contribution in [1.29, 1.82) is 0 Å². The second-order valence-corrected chi connectivity index (χ2v) is 3.10. The fraction of sp³-hybridized carbons (Fsp3) is 0.778. The minimum Gasteiger partial charge on any atom is -0.412 e. The van der Waals surface area contributed by atoms with E-state index in [4.69, 9.17) is 0 Å². The van der Waals surface area contributed by atoms with Crippen molar-refractivity contribution >= 4 is 0 Å². The summed E-state index contributed by atoms with van der Waals surface area (Å²) in [5.41, 5.74) is 1.60. The van der Waals surface area contributed by atoms with Crippen LogP contribution in [0.5, 0.6) is 0 Å². The van der Waals surface area contributed by atoms with E-state index in [1.165, 1.54) is 25.7 Å². The molecule has 1 unspecified atom stereocenters. The van der Waals surface area contributed by atoms with E-state index in [0.717, 1.165) is 5.92 Å². The Morgan fingerprint density at radius 1 is 1.60 bits per heavy atom. The van der Waals surface area contributed by atoms with Gasteiger partial charge in [0.1, 0.15) is 0 Å². The van der Waals surface area contributed by atoms with Gasteiger partial charge in [-0.1, -0.05) is 25.0 Å². The second kappa shape index (κ2) is 4.51. The SMILES string of the molecule is CCC1CC=C(C)CC1.O. The molecule has 1 nitrogen and oxygen atoms in total. The number of rotatable bonds is 1. The van der Waals surface area contributed by atoms with Crippen molar-refractivity contribution in [2.75, 3.05) is 0 Å². The van der Waals surface area contributed by atoms with E-state index >= 15 is 0 Å². The Bertz CT molecular complexity index is 116. The number of allylic oxidation sites excluding steroid dienone is 2. The summed E-state index contributed by atoms with van der Waals surface area (Å²) in [6.45, 7) is 4.53. The van der Waals surface area contributed by atoms with Crippen LogP contribution in [0.15, 0.2) is 11.6 Å². The van der Waals surface area contributed by atoms with Crippen LogP contribution in [0.2, 0.25) is 0 Å². The standard InChI is InChI=1S/C9H16.H2O/c1-3-9-6-4-8(2)5-7-9;/h4,9H,3,5-7H2,1-2H3;1H2. The molecule has 0 saturated carbocycles. The first-order valence-corrected chi connectivity index (χ1v) is 3.98. The van der Waals surface area contributed by atoms with Crippen LogP contribution < -0.4 is 0 Å². The van der Waals surface area contributed by atoms with Crippen molar-refractivity contribution in [3.63, 3.8) is 0 Å². The molecule has 0 saturated heterocycles. The molecule has 60 valence electrons. The third-order valence-corrected chi connectivity index (χ3v) is 2.32. The summed E-state index contributed by atoms with van der Waals surface area (Å²) in [4.78, 5) is 0. The van der Waals surface area contributed by atoms with E-state index in [1.54, 1.807) is 5.57 Å². The molecule has 0 heterocycles. The molecule has 0 bridgehead atoms. The normalized spacial score (nSPS) is 25.0. The molecule has 10 heavy (non-hydrogen) atoms. The zero-order valence-electron chi connectivity index (χ0n) is 6.98. The second-order valence-electron chi connectivity index (χ2n) is 3.10. The molecule has 0 aliphatic heterocycles. The molecule has 1 heteroatoms. The maximum absolute atomic E-state index is 2.40. The van der Waals surface area contributed by atoms with Crippen molar-refractivity contribution in [1.82, 2.24) is 0 Å². The summed E-state index contributed by atoms with van der Waals surface area (Å²) in [5, 5.41) is 0. The van der Waals surface area contributed by atoms with Crippen LogP contribution >= 0.6 is 0 Å². The highest BCUT2D eigenvalue weighted by atomic mass is 16.0. The highest BCUT2D eigenvalue weighted by Crippen LogP contribution is 2.24.